The zero-order valence-corrected chi connectivity index (χ0v) is 22.9. The number of carbonyl (C=O) groups is 3. The van der Waals surface area contributed by atoms with E-state index in [1.165, 1.54) is 11.9 Å². The van der Waals surface area contributed by atoms with Crippen LogP contribution in [0.3, 0.4) is 0 Å². The Hall–Kier alpha value is -5.01. The molecule has 4 amide bonds. The number of halogens is 1. The van der Waals surface area contributed by atoms with Crippen molar-refractivity contribution in [3.8, 4) is 0 Å². The third kappa shape index (κ3) is 4.78. The highest BCUT2D eigenvalue weighted by Crippen LogP contribution is 2.46. The first-order chi connectivity index (χ1) is 20.2. The maximum atomic E-state index is 14.6. The summed E-state index contributed by atoms with van der Waals surface area (Å²) in [4.78, 5) is 61.7. The molecular weight excluding hydrogens is 543 g/mol. The smallest absolute Gasteiger partial charge is 0.331 e. The number of aromatic nitrogens is 6. The predicted molar refractivity (Wildman–Crippen MR) is 148 cm³/mol. The minimum absolute atomic E-state index is 0.0209. The predicted octanol–water partition coefficient (Wildman–Crippen LogP) is 2.99. The van der Waals surface area contributed by atoms with E-state index in [9.17, 15) is 18.8 Å². The number of amides is 4. The van der Waals surface area contributed by atoms with Crippen LogP contribution in [0.25, 0.3) is 5.65 Å². The Labute approximate surface area is 239 Å². The van der Waals surface area contributed by atoms with Crippen LogP contribution in [0.4, 0.5) is 26.6 Å². The van der Waals surface area contributed by atoms with Crippen LogP contribution in [0.5, 0.6) is 0 Å². The van der Waals surface area contributed by atoms with Crippen molar-refractivity contribution in [2.24, 2.45) is 5.92 Å². The average Bonchev–Trinajstić information content (AvgIpc) is 3.90. The Kier molecular flexibility index (Phi) is 6.06. The van der Waals surface area contributed by atoms with Crippen LogP contribution >= 0.6 is 0 Å². The van der Waals surface area contributed by atoms with Crippen molar-refractivity contribution in [3.05, 3.63) is 65.5 Å². The number of urea groups is 1. The van der Waals surface area contributed by atoms with E-state index in [2.05, 4.69) is 35.6 Å². The van der Waals surface area contributed by atoms with Crippen LogP contribution in [0.15, 0.2) is 36.9 Å². The van der Waals surface area contributed by atoms with Gasteiger partial charge in [-0.15, -0.1) is 0 Å². The summed E-state index contributed by atoms with van der Waals surface area (Å²) in [5.74, 6) is -0.698. The number of nitrogens with zero attached hydrogens (tertiary/aromatic N) is 8. The van der Waals surface area contributed by atoms with Crippen LogP contribution in [0, 0.1) is 18.7 Å². The second-order valence-electron chi connectivity index (χ2n) is 11.0. The summed E-state index contributed by atoms with van der Waals surface area (Å²) in [5.41, 5.74) is 3.54. The lowest BCUT2D eigenvalue weighted by Gasteiger charge is -2.17. The molecule has 14 heteroatoms. The van der Waals surface area contributed by atoms with E-state index >= 15 is 0 Å². The third-order valence-corrected chi connectivity index (χ3v) is 7.82. The van der Waals surface area contributed by atoms with Crippen molar-refractivity contribution in [1.29, 1.82) is 0 Å². The molecule has 0 unspecified atom stereocenters. The Morgan fingerprint density at radius 1 is 1.14 bits per heavy atom. The summed E-state index contributed by atoms with van der Waals surface area (Å²) in [6, 6.07) is 3.32. The Morgan fingerprint density at radius 2 is 1.98 bits per heavy atom. The highest BCUT2D eigenvalue weighted by molar-refractivity contribution is 6.13. The first kappa shape index (κ1) is 25.9. The van der Waals surface area contributed by atoms with E-state index in [1.54, 1.807) is 18.5 Å². The van der Waals surface area contributed by atoms with Crippen molar-refractivity contribution in [2.45, 2.75) is 44.6 Å². The first-order valence-electron chi connectivity index (χ1n) is 13.7. The number of hydrogen-bond acceptors (Lipinski definition) is 9. The van der Waals surface area contributed by atoms with Gasteiger partial charge in [-0.2, -0.15) is 4.98 Å². The van der Waals surface area contributed by atoms with E-state index < -0.39 is 11.8 Å². The van der Waals surface area contributed by atoms with Crippen LogP contribution in [0.1, 0.15) is 53.9 Å². The fourth-order valence-electron chi connectivity index (χ4n) is 5.21. The summed E-state index contributed by atoms with van der Waals surface area (Å²) in [6.07, 6.45) is 9.19. The minimum Gasteiger partial charge on any atom is -0.362 e. The van der Waals surface area contributed by atoms with E-state index in [0.29, 0.717) is 35.2 Å². The number of carbonyl (C=O) groups excluding carboxylic acids is 3. The van der Waals surface area contributed by atoms with Crippen molar-refractivity contribution in [3.63, 3.8) is 0 Å². The van der Waals surface area contributed by atoms with Crippen molar-refractivity contribution >= 4 is 40.9 Å². The van der Waals surface area contributed by atoms with E-state index in [-0.39, 0.29) is 48.5 Å². The van der Waals surface area contributed by atoms with Gasteiger partial charge in [-0.3, -0.25) is 24.7 Å². The van der Waals surface area contributed by atoms with Crippen LogP contribution in [-0.2, 0) is 16.1 Å². The lowest BCUT2D eigenvalue weighted by Crippen LogP contribution is -2.30. The van der Waals surface area contributed by atoms with Crippen LogP contribution in [-0.4, -0.2) is 65.7 Å². The van der Waals surface area contributed by atoms with Crippen molar-refractivity contribution in [2.75, 3.05) is 29.1 Å². The summed E-state index contributed by atoms with van der Waals surface area (Å²) in [7, 11) is 1.46. The molecule has 2 atom stereocenters. The number of hydrogen-bond donors (Lipinski definition) is 2. The summed E-state index contributed by atoms with van der Waals surface area (Å²) in [5, 5.41) is 5.60. The maximum Gasteiger partial charge on any atom is 0.331 e. The molecule has 5 heterocycles. The van der Waals surface area contributed by atoms with Gasteiger partial charge in [-0.1, -0.05) is 0 Å². The number of aryl methyl sites for hydroxylation is 1. The van der Waals surface area contributed by atoms with Gasteiger partial charge in [0.2, 0.25) is 17.8 Å². The van der Waals surface area contributed by atoms with Crippen molar-refractivity contribution < 1.29 is 18.8 Å². The van der Waals surface area contributed by atoms with Gasteiger partial charge in [0.25, 0.3) is 0 Å². The molecule has 2 N–H and O–H groups in total. The number of fused-ring (bicyclic) bond motifs is 1. The Balaban J connectivity index is 1.07. The molecular formula is C28H27FN10O3. The third-order valence-electron chi connectivity index (χ3n) is 7.82. The molecule has 2 aliphatic carbocycles. The van der Waals surface area contributed by atoms with Gasteiger partial charge in [-0.25, -0.2) is 29.1 Å². The van der Waals surface area contributed by atoms with Gasteiger partial charge in [0.05, 0.1) is 24.1 Å². The van der Waals surface area contributed by atoms with Gasteiger partial charge in [0.15, 0.2) is 17.3 Å². The van der Waals surface area contributed by atoms with E-state index in [0.717, 1.165) is 35.2 Å². The second-order valence-corrected chi connectivity index (χ2v) is 11.0. The number of imidazole rings is 1. The SMILES string of the molecule is Cc1ccnc([C@H]2C[C@@H]2C(=O)Nc2ncc(F)c(NCc3cn4cc(C5CC5)cc(N5CC(=O)N(C)C5=O)c4n3)n2)n1. The van der Waals surface area contributed by atoms with Crippen LogP contribution < -0.4 is 15.5 Å². The fraction of sp³-hybridized carbons (Fsp3) is 0.357. The lowest BCUT2D eigenvalue weighted by atomic mass is 10.1. The molecule has 3 fully saturated rings. The van der Waals surface area contributed by atoms with E-state index in [1.807, 2.05) is 23.6 Å². The molecule has 0 radical (unpaired) electrons. The molecule has 1 aliphatic heterocycles. The summed E-state index contributed by atoms with van der Waals surface area (Å²) >= 11 is 0. The normalized spacial score (nSPS) is 20.0. The van der Waals surface area contributed by atoms with Gasteiger partial charge >= 0.3 is 6.03 Å². The summed E-state index contributed by atoms with van der Waals surface area (Å²) in [6.45, 7) is 1.93. The molecule has 2 saturated carbocycles. The molecule has 1 saturated heterocycles. The molecule has 0 aromatic carbocycles. The average molecular weight is 571 g/mol. The van der Waals surface area contributed by atoms with Gasteiger partial charge in [-0.05, 0) is 49.8 Å². The topological polar surface area (TPSA) is 151 Å². The monoisotopic (exact) mass is 570 g/mol. The number of imide groups is 1. The van der Waals surface area contributed by atoms with Crippen molar-refractivity contribution in [1.82, 2.24) is 34.2 Å². The van der Waals surface area contributed by atoms with Gasteiger partial charge in [0, 0.05) is 43.2 Å². The quantitative estimate of drug-likeness (QED) is 0.305. The number of nitrogens with one attached hydrogen (secondary N) is 2. The maximum absolute atomic E-state index is 14.6. The standard InChI is InChI=1S/C28H27FN10O3/c1-14-5-6-30-23(33-14)18-8-19(18)26(41)36-27-32-10-20(29)24(35-27)31-9-17-12-38-11-16(15-3-4-15)7-21(25(38)34-17)39-13-22(40)37(2)28(39)42/h5-7,10-12,15,18-19H,3-4,8-9,13H2,1-2H3,(H2,31,32,35,36,41)/t18-,19-/m0/s1. The minimum atomic E-state index is -0.685. The zero-order valence-electron chi connectivity index (χ0n) is 22.9. The molecule has 3 aliphatic rings. The van der Waals surface area contributed by atoms with Crippen LogP contribution in [0.2, 0.25) is 0 Å². The number of rotatable bonds is 8. The highest BCUT2D eigenvalue weighted by Gasteiger charge is 2.46. The molecule has 0 bridgehead atoms. The van der Waals surface area contributed by atoms with E-state index in [4.69, 9.17) is 0 Å². The Morgan fingerprint density at radius 3 is 2.71 bits per heavy atom. The molecule has 0 spiro atoms. The zero-order chi connectivity index (χ0) is 29.1. The fourth-order valence-corrected chi connectivity index (χ4v) is 5.21. The Bertz CT molecular complexity index is 1770. The largest absolute Gasteiger partial charge is 0.362 e. The summed E-state index contributed by atoms with van der Waals surface area (Å²) < 4.78 is 16.5. The molecule has 4 aromatic heterocycles. The van der Waals surface area contributed by atoms with Gasteiger partial charge in [0.1, 0.15) is 12.4 Å². The molecule has 7 rings (SSSR count). The molecule has 13 nitrogen and oxygen atoms in total. The molecule has 4 aromatic rings. The second kappa shape index (κ2) is 9.82. The number of pyridine rings is 1. The molecule has 214 valence electrons. The first-order valence-corrected chi connectivity index (χ1v) is 13.7. The number of likely N-dealkylation sites (N-methyl/N-ethyl adjacent to an activating group) is 1. The highest BCUT2D eigenvalue weighted by atomic mass is 19.1. The lowest BCUT2D eigenvalue weighted by molar-refractivity contribution is -0.124. The number of anilines is 3. The molecule has 42 heavy (non-hydrogen) atoms. The van der Waals surface area contributed by atoms with Gasteiger partial charge < -0.3 is 9.72 Å².